The predicted octanol–water partition coefficient (Wildman–Crippen LogP) is 2.55. The molecule has 0 spiro atoms. The highest BCUT2D eigenvalue weighted by Gasteiger charge is 2.27. The maximum Gasteiger partial charge on any atom is 0.243 e. The Kier molecular flexibility index (Phi) is 6.78. The topological polar surface area (TPSA) is 86.8 Å². The lowest BCUT2D eigenvalue weighted by atomic mass is 10.1. The number of hydrogen-bond acceptors (Lipinski definition) is 5. The molecule has 168 valence electrons. The fourth-order valence-corrected chi connectivity index (χ4v) is 6.71. The maximum atomic E-state index is 12.8. The minimum absolute atomic E-state index is 0.0601. The minimum atomic E-state index is -3.76. The van der Waals surface area contributed by atoms with Gasteiger partial charge in [0, 0.05) is 26.2 Å². The van der Waals surface area contributed by atoms with E-state index in [0.717, 1.165) is 43.6 Å². The van der Waals surface area contributed by atoms with E-state index in [1.807, 2.05) is 24.3 Å². The summed E-state index contributed by atoms with van der Waals surface area (Å²) < 4.78 is 55.0. The predicted molar refractivity (Wildman–Crippen MR) is 119 cm³/mol. The van der Waals surface area contributed by atoms with Crippen molar-refractivity contribution in [3.8, 4) is 0 Å². The molecule has 2 fully saturated rings. The summed E-state index contributed by atoms with van der Waals surface area (Å²) in [5, 5.41) is 0. The van der Waals surface area contributed by atoms with Crippen LogP contribution in [-0.4, -0.2) is 52.2 Å². The molecule has 0 unspecified atom stereocenters. The van der Waals surface area contributed by atoms with Crippen LogP contribution in [0.1, 0.15) is 36.8 Å². The fourth-order valence-electron chi connectivity index (χ4n) is 4.19. The van der Waals surface area contributed by atoms with Gasteiger partial charge in [-0.1, -0.05) is 24.3 Å². The van der Waals surface area contributed by atoms with Gasteiger partial charge in [-0.25, -0.2) is 21.6 Å². The largest absolute Gasteiger partial charge is 0.299 e. The number of likely N-dealkylation sites (tertiary alicyclic amines) is 1. The summed E-state index contributed by atoms with van der Waals surface area (Å²) >= 11 is 0. The zero-order valence-electron chi connectivity index (χ0n) is 17.5. The van der Waals surface area contributed by atoms with Gasteiger partial charge in [0.1, 0.15) is 0 Å². The third-order valence-electron chi connectivity index (χ3n) is 6.00. The lowest BCUT2D eigenvalue weighted by Crippen LogP contribution is -2.28. The van der Waals surface area contributed by atoms with Crippen molar-refractivity contribution in [3.05, 3.63) is 59.7 Å². The third-order valence-corrected chi connectivity index (χ3v) is 9.33. The van der Waals surface area contributed by atoms with Crippen molar-refractivity contribution in [1.29, 1.82) is 0 Å². The highest BCUT2D eigenvalue weighted by atomic mass is 32.2. The van der Waals surface area contributed by atoms with Crippen LogP contribution in [0.3, 0.4) is 0 Å². The first-order valence-corrected chi connectivity index (χ1v) is 13.7. The highest BCUT2D eigenvalue weighted by molar-refractivity contribution is 7.89. The zero-order valence-corrected chi connectivity index (χ0v) is 19.2. The lowest BCUT2D eigenvalue weighted by Gasteiger charge is -2.18. The highest BCUT2D eigenvalue weighted by Crippen LogP contribution is 2.22. The monoisotopic (exact) mass is 463 g/mol. The summed E-state index contributed by atoms with van der Waals surface area (Å²) in [6.45, 7) is 4.20. The van der Waals surface area contributed by atoms with Crippen molar-refractivity contribution in [2.45, 2.75) is 48.6 Å². The van der Waals surface area contributed by atoms with Gasteiger partial charge in [-0.15, -0.1) is 0 Å². The van der Waals surface area contributed by atoms with Gasteiger partial charge in [-0.05, 0) is 74.2 Å². The molecule has 0 amide bonds. The Bertz CT molecular complexity index is 1100. The molecule has 4 rings (SSSR count). The van der Waals surface area contributed by atoms with E-state index in [9.17, 15) is 16.8 Å². The van der Waals surface area contributed by atoms with Crippen molar-refractivity contribution >= 4 is 20.0 Å². The van der Waals surface area contributed by atoms with Crippen molar-refractivity contribution < 1.29 is 16.8 Å². The van der Waals surface area contributed by atoms with Crippen molar-refractivity contribution in [2.75, 3.05) is 26.2 Å². The van der Waals surface area contributed by atoms with Gasteiger partial charge in [0.15, 0.2) is 0 Å². The van der Waals surface area contributed by atoms with Crippen LogP contribution in [0.25, 0.3) is 0 Å². The van der Waals surface area contributed by atoms with Crippen LogP contribution in [0.2, 0.25) is 0 Å². The molecule has 0 radical (unpaired) electrons. The molecule has 2 heterocycles. The number of hydrogen-bond donors (Lipinski definition) is 1. The average Bonchev–Trinajstić information content (AvgIpc) is 3.48. The molecule has 2 aromatic rings. The molecule has 2 aliphatic heterocycles. The zero-order chi connectivity index (χ0) is 21.9. The fraction of sp³-hybridized carbons (Fsp3) is 0.455. The van der Waals surface area contributed by atoms with E-state index >= 15 is 0 Å². The first-order chi connectivity index (χ1) is 14.9. The Labute approximate surface area is 185 Å². The van der Waals surface area contributed by atoms with Crippen molar-refractivity contribution in [3.63, 3.8) is 0 Å². The van der Waals surface area contributed by atoms with E-state index in [-0.39, 0.29) is 16.3 Å². The Hall–Kier alpha value is -1.78. The molecule has 2 aliphatic rings. The van der Waals surface area contributed by atoms with Gasteiger partial charge in [-0.2, -0.15) is 4.31 Å². The quantitative estimate of drug-likeness (QED) is 0.650. The van der Waals surface area contributed by atoms with Crippen molar-refractivity contribution in [1.82, 2.24) is 13.9 Å². The smallest absolute Gasteiger partial charge is 0.243 e. The van der Waals surface area contributed by atoms with Gasteiger partial charge in [0.05, 0.1) is 9.79 Å². The van der Waals surface area contributed by atoms with Gasteiger partial charge < -0.3 is 0 Å². The second-order valence-electron chi connectivity index (χ2n) is 8.16. The molecule has 2 saturated heterocycles. The second kappa shape index (κ2) is 9.38. The Morgan fingerprint density at radius 2 is 1.26 bits per heavy atom. The van der Waals surface area contributed by atoms with Crippen LogP contribution < -0.4 is 4.72 Å². The number of benzene rings is 2. The molecular formula is C22H29N3O4S2. The summed E-state index contributed by atoms with van der Waals surface area (Å²) in [7, 11) is -7.32. The molecule has 0 aromatic heterocycles. The van der Waals surface area contributed by atoms with Crippen LogP contribution in [-0.2, 0) is 33.1 Å². The molecule has 7 nitrogen and oxygen atoms in total. The van der Waals surface area contributed by atoms with Crippen LogP contribution in [0, 0.1) is 0 Å². The maximum absolute atomic E-state index is 12.8. The van der Waals surface area contributed by atoms with Gasteiger partial charge in [0.25, 0.3) is 0 Å². The first kappa shape index (κ1) is 22.4. The standard InChI is InChI=1S/C22H29N3O4S2/c26-30(27,21-9-11-22(12-10-21)31(28,29)25-15-5-6-16-25)23-17-19-7-1-2-8-20(19)18-24-13-3-4-14-24/h1-2,7-12,23H,3-6,13-18H2. The Morgan fingerprint density at radius 1 is 0.710 bits per heavy atom. The molecule has 2 aromatic carbocycles. The molecule has 0 bridgehead atoms. The molecular weight excluding hydrogens is 434 g/mol. The molecule has 1 N–H and O–H groups in total. The third kappa shape index (κ3) is 5.18. The van der Waals surface area contributed by atoms with Crippen molar-refractivity contribution in [2.24, 2.45) is 0 Å². The number of nitrogens with zero attached hydrogens (tertiary/aromatic N) is 2. The van der Waals surface area contributed by atoms with Gasteiger partial charge >= 0.3 is 0 Å². The SMILES string of the molecule is O=S(=O)(NCc1ccccc1CN1CCCC1)c1ccc(S(=O)(=O)N2CCCC2)cc1. The van der Waals surface area contributed by atoms with Gasteiger partial charge in [0.2, 0.25) is 20.0 Å². The number of nitrogens with one attached hydrogen (secondary N) is 1. The minimum Gasteiger partial charge on any atom is -0.299 e. The van der Waals surface area contributed by atoms with Gasteiger partial charge in [-0.3, -0.25) is 4.90 Å². The first-order valence-electron chi connectivity index (χ1n) is 10.8. The van der Waals surface area contributed by atoms with E-state index in [1.165, 1.54) is 41.4 Å². The summed E-state index contributed by atoms with van der Waals surface area (Å²) in [5.74, 6) is 0. The second-order valence-corrected chi connectivity index (χ2v) is 11.9. The molecule has 0 atom stereocenters. The van der Waals surface area contributed by atoms with E-state index in [2.05, 4.69) is 9.62 Å². The van der Waals surface area contributed by atoms with E-state index in [1.54, 1.807) is 0 Å². The molecule has 31 heavy (non-hydrogen) atoms. The van der Waals surface area contributed by atoms with Crippen LogP contribution in [0.4, 0.5) is 0 Å². The summed E-state index contributed by atoms with van der Waals surface area (Å²) in [6, 6.07) is 13.4. The van der Waals surface area contributed by atoms with Crippen LogP contribution in [0.15, 0.2) is 58.3 Å². The summed E-state index contributed by atoms with van der Waals surface area (Å²) in [6.07, 6.45) is 4.13. The Morgan fingerprint density at radius 3 is 1.90 bits per heavy atom. The van der Waals surface area contributed by atoms with E-state index < -0.39 is 20.0 Å². The summed E-state index contributed by atoms with van der Waals surface area (Å²) in [5.41, 5.74) is 2.07. The molecule has 9 heteroatoms. The average molecular weight is 464 g/mol. The lowest BCUT2D eigenvalue weighted by molar-refractivity contribution is 0.330. The van der Waals surface area contributed by atoms with E-state index in [4.69, 9.17) is 0 Å². The van der Waals surface area contributed by atoms with Crippen LogP contribution >= 0.6 is 0 Å². The summed E-state index contributed by atoms with van der Waals surface area (Å²) in [4.78, 5) is 2.57. The Balaban J connectivity index is 1.45. The molecule has 0 aliphatic carbocycles. The van der Waals surface area contributed by atoms with Crippen LogP contribution in [0.5, 0.6) is 0 Å². The van der Waals surface area contributed by atoms with E-state index in [0.29, 0.717) is 13.1 Å². The number of rotatable bonds is 8. The normalized spacial score (nSPS) is 18.6. The molecule has 0 saturated carbocycles. The number of sulfonamides is 2.